The van der Waals surface area contributed by atoms with E-state index < -0.39 is 17.6 Å². The SMILES string of the molecule is O=C(NC1CC1)c1cc2c(s1)-c1ccccc1N(C(=O)c1ccc(NC(=O)c3cccnc3Br)cc1F)CC2. The second-order valence-electron chi connectivity index (χ2n) is 9.43. The molecule has 2 aromatic carbocycles. The molecule has 7 nitrogen and oxygen atoms in total. The number of carbonyl (C=O) groups is 3. The van der Waals surface area contributed by atoms with Gasteiger partial charge in [0.15, 0.2) is 0 Å². The number of fused-ring (bicyclic) bond motifs is 3. The number of pyridine rings is 1. The Morgan fingerprint density at radius 2 is 1.82 bits per heavy atom. The normalized spacial score (nSPS) is 14.2. The molecule has 0 bridgehead atoms. The van der Waals surface area contributed by atoms with Crippen molar-refractivity contribution in [1.29, 1.82) is 0 Å². The fourth-order valence-electron chi connectivity index (χ4n) is 4.57. The minimum atomic E-state index is -0.737. The lowest BCUT2D eigenvalue weighted by Gasteiger charge is -2.23. The average Bonchev–Trinajstić information content (AvgIpc) is 3.67. The van der Waals surface area contributed by atoms with Crippen molar-refractivity contribution in [2.75, 3.05) is 16.8 Å². The van der Waals surface area contributed by atoms with Gasteiger partial charge in [-0.1, -0.05) is 18.2 Å². The molecule has 196 valence electrons. The van der Waals surface area contributed by atoms with E-state index in [9.17, 15) is 14.4 Å². The predicted octanol–water partition coefficient (Wildman–Crippen LogP) is 6.06. The highest BCUT2D eigenvalue weighted by Crippen LogP contribution is 2.42. The molecule has 1 fully saturated rings. The number of nitrogens with zero attached hydrogens (tertiary/aromatic N) is 2. The van der Waals surface area contributed by atoms with Gasteiger partial charge in [-0.05, 0) is 83.2 Å². The number of para-hydroxylation sites is 1. The quantitative estimate of drug-likeness (QED) is 0.271. The monoisotopic (exact) mass is 604 g/mol. The van der Waals surface area contributed by atoms with Gasteiger partial charge in [-0.2, -0.15) is 0 Å². The Hall–Kier alpha value is -3.89. The molecule has 0 atom stereocenters. The van der Waals surface area contributed by atoms with Crippen LogP contribution in [0.15, 0.2) is 71.5 Å². The van der Waals surface area contributed by atoms with Crippen LogP contribution < -0.4 is 15.5 Å². The number of rotatable bonds is 5. The molecule has 1 aliphatic heterocycles. The summed E-state index contributed by atoms with van der Waals surface area (Å²) < 4.78 is 15.6. The van der Waals surface area contributed by atoms with Gasteiger partial charge in [0, 0.05) is 34.9 Å². The Kier molecular flexibility index (Phi) is 6.74. The number of aromatic nitrogens is 1. The van der Waals surface area contributed by atoms with Gasteiger partial charge in [0.1, 0.15) is 10.4 Å². The van der Waals surface area contributed by atoms with Crippen LogP contribution in [0.3, 0.4) is 0 Å². The summed E-state index contributed by atoms with van der Waals surface area (Å²) in [5, 5.41) is 5.68. The van der Waals surface area contributed by atoms with Crippen LogP contribution in [0, 0.1) is 5.82 Å². The topological polar surface area (TPSA) is 91.4 Å². The van der Waals surface area contributed by atoms with Crippen LogP contribution >= 0.6 is 27.3 Å². The molecule has 0 unspecified atom stereocenters. The minimum absolute atomic E-state index is 0.0638. The van der Waals surface area contributed by atoms with Gasteiger partial charge >= 0.3 is 0 Å². The number of nitrogens with one attached hydrogen (secondary N) is 2. The second kappa shape index (κ2) is 10.3. The number of benzene rings is 2. The number of amides is 3. The lowest BCUT2D eigenvalue weighted by molar-refractivity contribution is 0.0952. The average molecular weight is 605 g/mol. The second-order valence-corrected chi connectivity index (χ2v) is 11.2. The molecule has 6 rings (SSSR count). The molecule has 3 heterocycles. The van der Waals surface area contributed by atoms with Crippen LogP contribution in [-0.4, -0.2) is 35.3 Å². The number of halogens is 2. The summed E-state index contributed by atoms with van der Waals surface area (Å²) in [6.07, 6.45) is 4.11. The summed E-state index contributed by atoms with van der Waals surface area (Å²) in [6.45, 7) is 0.330. The zero-order valence-corrected chi connectivity index (χ0v) is 22.9. The van der Waals surface area contributed by atoms with E-state index in [2.05, 4.69) is 31.5 Å². The molecule has 0 spiro atoms. The summed E-state index contributed by atoms with van der Waals surface area (Å²) in [5.74, 6) is -1.73. The summed E-state index contributed by atoms with van der Waals surface area (Å²) in [7, 11) is 0. The van der Waals surface area contributed by atoms with Crippen LogP contribution in [0.1, 0.15) is 48.8 Å². The summed E-state index contributed by atoms with van der Waals surface area (Å²) >= 11 is 4.65. The maximum absolute atomic E-state index is 15.3. The smallest absolute Gasteiger partial charge is 0.261 e. The van der Waals surface area contributed by atoms with Crippen molar-refractivity contribution < 1.29 is 18.8 Å². The number of hydrogen-bond acceptors (Lipinski definition) is 5. The molecule has 2 aliphatic rings. The first-order valence-corrected chi connectivity index (χ1v) is 14.1. The lowest BCUT2D eigenvalue weighted by Crippen LogP contribution is -2.33. The highest BCUT2D eigenvalue weighted by molar-refractivity contribution is 9.10. The molecular weight excluding hydrogens is 583 g/mol. The standard InChI is InChI=1S/C29H22BrFN4O3S/c30-26-21(5-3-12-32-26)27(36)34-18-9-10-19(22(31)15-18)29(38)35-13-11-16-14-24(28(37)33-17-7-8-17)39-25(16)20-4-1-2-6-23(20)35/h1-6,9-10,12,14-15,17H,7-8,11,13H2,(H,33,37)(H,34,36). The Morgan fingerprint density at radius 1 is 1.00 bits per heavy atom. The molecule has 2 N–H and O–H groups in total. The zero-order valence-electron chi connectivity index (χ0n) is 20.5. The third kappa shape index (κ3) is 5.09. The number of carbonyl (C=O) groups excluding carboxylic acids is 3. The Balaban J connectivity index is 1.26. The van der Waals surface area contributed by atoms with Crippen molar-refractivity contribution in [1.82, 2.24) is 10.3 Å². The Morgan fingerprint density at radius 3 is 2.59 bits per heavy atom. The first-order chi connectivity index (χ1) is 18.9. The fraction of sp³-hybridized carbons (Fsp3) is 0.172. The van der Waals surface area contributed by atoms with E-state index in [1.165, 1.54) is 23.5 Å². The van der Waals surface area contributed by atoms with Gasteiger partial charge < -0.3 is 15.5 Å². The lowest BCUT2D eigenvalue weighted by atomic mass is 10.1. The van der Waals surface area contributed by atoms with E-state index in [4.69, 9.17) is 0 Å². The number of anilines is 2. The van der Waals surface area contributed by atoms with Gasteiger partial charge in [0.05, 0.1) is 21.7 Å². The van der Waals surface area contributed by atoms with Crippen molar-refractivity contribution >= 4 is 56.4 Å². The van der Waals surface area contributed by atoms with Gasteiger partial charge in [-0.25, -0.2) is 9.37 Å². The van der Waals surface area contributed by atoms with E-state index >= 15 is 4.39 Å². The van der Waals surface area contributed by atoms with Gasteiger partial charge in [0.2, 0.25) is 0 Å². The molecule has 1 saturated carbocycles. The van der Waals surface area contributed by atoms with Crippen LogP contribution in [-0.2, 0) is 6.42 Å². The highest BCUT2D eigenvalue weighted by atomic mass is 79.9. The Bertz CT molecular complexity index is 1630. The van der Waals surface area contributed by atoms with Crippen LogP contribution in [0.4, 0.5) is 15.8 Å². The molecule has 3 amide bonds. The van der Waals surface area contributed by atoms with Crippen molar-refractivity contribution in [3.8, 4) is 10.4 Å². The molecule has 2 aromatic heterocycles. The van der Waals surface area contributed by atoms with Gasteiger partial charge in [-0.15, -0.1) is 11.3 Å². The van der Waals surface area contributed by atoms with Crippen LogP contribution in [0.2, 0.25) is 0 Å². The van der Waals surface area contributed by atoms with Crippen LogP contribution in [0.25, 0.3) is 10.4 Å². The van der Waals surface area contributed by atoms with Crippen molar-refractivity contribution in [3.05, 3.63) is 98.8 Å². The van der Waals surface area contributed by atoms with E-state index in [0.29, 0.717) is 33.7 Å². The molecule has 4 aromatic rings. The molecule has 0 saturated heterocycles. The minimum Gasteiger partial charge on any atom is -0.349 e. The van der Waals surface area contributed by atoms with Crippen molar-refractivity contribution in [3.63, 3.8) is 0 Å². The summed E-state index contributed by atoms with van der Waals surface area (Å²) in [4.78, 5) is 46.1. The zero-order chi connectivity index (χ0) is 27.1. The predicted molar refractivity (Wildman–Crippen MR) is 152 cm³/mol. The fourth-order valence-corrected chi connectivity index (χ4v) is 6.15. The maximum atomic E-state index is 15.3. The molecule has 1 aliphatic carbocycles. The largest absolute Gasteiger partial charge is 0.349 e. The van der Waals surface area contributed by atoms with E-state index in [1.807, 2.05) is 30.3 Å². The molecule has 0 radical (unpaired) electrons. The van der Waals surface area contributed by atoms with E-state index in [1.54, 1.807) is 23.2 Å². The third-order valence-corrected chi connectivity index (χ3v) is 8.54. The number of thiophene rings is 1. The van der Waals surface area contributed by atoms with Crippen LogP contribution in [0.5, 0.6) is 0 Å². The number of hydrogen-bond donors (Lipinski definition) is 2. The van der Waals surface area contributed by atoms with E-state index in [-0.39, 0.29) is 23.2 Å². The Labute approximate surface area is 236 Å². The summed E-state index contributed by atoms with van der Waals surface area (Å²) in [5.41, 5.74) is 2.92. The molecule has 39 heavy (non-hydrogen) atoms. The highest BCUT2D eigenvalue weighted by Gasteiger charge is 2.30. The van der Waals surface area contributed by atoms with Gasteiger partial charge in [-0.3, -0.25) is 14.4 Å². The van der Waals surface area contributed by atoms with Crippen molar-refractivity contribution in [2.45, 2.75) is 25.3 Å². The summed E-state index contributed by atoms with van der Waals surface area (Å²) in [6, 6.07) is 16.9. The van der Waals surface area contributed by atoms with Gasteiger partial charge in [0.25, 0.3) is 17.7 Å². The molecular formula is C29H22BrFN4O3S. The first-order valence-electron chi connectivity index (χ1n) is 12.5. The molecule has 10 heteroatoms. The maximum Gasteiger partial charge on any atom is 0.261 e. The third-order valence-electron chi connectivity index (χ3n) is 6.70. The van der Waals surface area contributed by atoms with E-state index in [0.717, 1.165) is 34.9 Å². The first kappa shape index (κ1) is 25.4. The van der Waals surface area contributed by atoms with Crippen molar-refractivity contribution in [2.24, 2.45) is 0 Å².